The van der Waals surface area contributed by atoms with Crippen molar-refractivity contribution in [1.82, 2.24) is 4.31 Å². The second-order valence-electron chi connectivity index (χ2n) is 6.22. The zero-order chi connectivity index (χ0) is 19.6. The lowest BCUT2D eigenvalue weighted by atomic mass is 9.97. The number of anilines is 1. The number of nitrogens with zero attached hydrogens (tertiary/aromatic N) is 1. The first-order chi connectivity index (χ1) is 12.8. The fraction of sp³-hybridized carbons (Fsp3) is 0.278. The summed E-state index contributed by atoms with van der Waals surface area (Å²) in [6, 6.07) is 9.01. The molecular weight excluding hydrogens is 398 g/mol. The van der Waals surface area contributed by atoms with Gasteiger partial charge >= 0.3 is 0 Å². The Morgan fingerprint density at radius 3 is 2.41 bits per heavy atom. The number of carbonyl (C=O) groups excluding carboxylic acids is 1. The van der Waals surface area contributed by atoms with E-state index in [9.17, 15) is 22.0 Å². The Morgan fingerprint density at radius 2 is 1.74 bits per heavy atom. The number of halogens is 3. The zero-order valence-corrected chi connectivity index (χ0v) is 15.7. The SMILES string of the molecule is O=C(Nc1cc(Cl)ccc1F)C1CCN(S(=O)(=O)c2ccccc2F)CC1. The Balaban J connectivity index is 1.66. The maximum absolute atomic E-state index is 13.8. The molecule has 0 atom stereocenters. The van der Waals surface area contributed by atoms with E-state index in [0.717, 1.165) is 16.4 Å². The molecule has 1 aliphatic heterocycles. The Labute approximate surface area is 161 Å². The summed E-state index contributed by atoms with van der Waals surface area (Å²) in [5.41, 5.74) is -0.0195. The molecule has 3 rings (SSSR count). The smallest absolute Gasteiger partial charge is 0.245 e. The van der Waals surface area contributed by atoms with Crippen LogP contribution in [-0.2, 0) is 14.8 Å². The van der Waals surface area contributed by atoms with Gasteiger partial charge in [-0.25, -0.2) is 17.2 Å². The van der Waals surface area contributed by atoms with Crippen molar-refractivity contribution < 1.29 is 22.0 Å². The molecule has 0 radical (unpaired) electrons. The second kappa shape index (κ2) is 7.92. The van der Waals surface area contributed by atoms with Crippen molar-refractivity contribution in [2.75, 3.05) is 18.4 Å². The van der Waals surface area contributed by atoms with E-state index >= 15 is 0 Å². The van der Waals surface area contributed by atoms with Gasteiger partial charge in [0.05, 0.1) is 5.69 Å². The molecule has 0 aliphatic carbocycles. The van der Waals surface area contributed by atoms with Crippen LogP contribution in [0.3, 0.4) is 0 Å². The maximum atomic E-state index is 13.8. The lowest BCUT2D eigenvalue weighted by molar-refractivity contribution is -0.120. The quantitative estimate of drug-likeness (QED) is 0.830. The lowest BCUT2D eigenvalue weighted by Crippen LogP contribution is -2.41. The summed E-state index contributed by atoms with van der Waals surface area (Å²) < 4.78 is 53.9. The van der Waals surface area contributed by atoms with Crippen LogP contribution in [0.1, 0.15) is 12.8 Å². The van der Waals surface area contributed by atoms with Crippen molar-refractivity contribution in [3.05, 3.63) is 59.1 Å². The molecule has 1 N–H and O–H groups in total. The number of sulfonamides is 1. The fourth-order valence-electron chi connectivity index (χ4n) is 2.98. The number of benzene rings is 2. The third kappa shape index (κ3) is 4.28. The van der Waals surface area contributed by atoms with Gasteiger partial charge in [-0.1, -0.05) is 23.7 Å². The molecule has 1 heterocycles. The highest BCUT2D eigenvalue weighted by Gasteiger charge is 2.33. The molecule has 0 bridgehead atoms. The third-order valence-electron chi connectivity index (χ3n) is 4.47. The largest absolute Gasteiger partial charge is 0.323 e. The Kier molecular flexibility index (Phi) is 5.78. The number of amides is 1. The van der Waals surface area contributed by atoms with Crippen LogP contribution in [-0.4, -0.2) is 31.7 Å². The normalized spacial score (nSPS) is 16.3. The summed E-state index contributed by atoms with van der Waals surface area (Å²) >= 11 is 5.80. The first-order valence-corrected chi connectivity index (χ1v) is 10.1. The summed E-state index contributed by atoms with van der Waals surface area (Å²) in [6.07, 6.45) is 0.503. The van der Waals surface area contributed by atoms with Crippen molar-refractivity contribution in [3.63, 3.8) is 0 Å². The van der Waals surface area contributed by atoms with Gasteiger partial charge in [0.15, 0.2) is 0 Å². The van der Waals surface area contributed by atoms with Gasteiger partial charge < -0.3 is 5.32 Å². The van der Waals surface area contributed by atoms with Crippen molar-refractivity contribution >= 4 is 33.2 Å². The van der Waals surface area contributed by atoms with Gasteiger partial charge in [0.1, 0.15) is 16.5 Å². The summed E-state index contributed by atoms with van der Waals surface area (Å²) in [5.74, 6) is -2.30. The van der Waals surface area contributed by atoms with Crippen LogP contribution < -0.4 is 5.32 Å². The summed E-state index contributed by atoms with van der Waals surface area (Å²) in [7, 11) is -3.96. The Hall–Kier alpha value is -2.03. The molecule has 0 aromatic heterocycles. The highest BCUT2D eigenvalue weighted by atomic mass is 35.5. The van der Waals surface area contributed by atoms with E-state index in [1.54, 1.807) is 0 Å². The summed E-state index contributed by atoms with van der Waals surface area (Å²) in [6.45, 7) is 0.152. The maximum Gasteiger partial charge on any atom is 0.245 e. The van der Waals surface area contributed by atoms with Gasteiger partial charge in [0.25, 0.3) is 0 Å². The molecule has 0 spiro atoms. The molecule has 9 heteroatoms. The first-order valence-electron chi connectivity index (χ1n) is 8.29. The monoisotopic (exact) mass is 414 g/mol. The summed E-state index contributed by atoms with van der Waals surface area (Å²) in [5, 5.41) is 2.78. The average molecular weight is 415 g/mol. The van der Waals surface area contributed by atoms with Gasteiger partial charge in [-0.3, -0.25) is 4.79 Å². The Bertz CT molecular complexity index is 961. The second-order valence-corrected chi connectivity index (χ2v) is 8.56. The van der Waals surface area contributed by atoms with E-state index in [1.165, 1.54) is 30.3 Å². The van der Waals surface area contributed by atoms with Gasteiger partial charge in [-0.15, -0.1) is 0 Å². The van der Waals surface area contributed by atoms with E-state index in [2.05, 4.69) is 5.32 Å². The van der Waals surface area contributed by atoms with E-state index in [4.69, 9.17) is 11.6 Å². The van der Waals surface area contributed by atoms with Crippen LogP contribution in [0, 0.1) is 17.6 Å². The predicted octanol–water partition coefficient (Wildman–Crippen LogP) is 3.66. The van der Waals surface area contributed by atoms with E-state index in [1.807, 2.05) is 0 Å². The zero-order valence-electron chi connectivity index (χ0n) is 14.2. The molecule has 1 aliphatic rings. The molecule has 1 saturated heterocycles. The van der Waals surface area contributed by atoms with Crippen molar-refractivity contribution in [1.29, 1.82) is 0 Å². The molecule has 1 amide bonds. The van der Waals surface area contributed by atoms with Gasteiger partial charge in [0.2, 0.25) is 15.9 Å². The highest BCUT2D eigenvalue weighted by molar-refractivity contribution is 7.89. The number of piperidine rings is 1. The molecule has 2 aromatic rings. The van der Waals surface area contributed by atoms with Gasteiger partial charge in [0, 0.05) is 24.0 Å². The third-order valence-corrected chi connectivity index (χ3v) is 6.63. The predicted molar refractivity (Wildman–Crippen MR) is 97.9 cm³/mol. The molecule has 27 heavy (non-hydrogen) atoms. The topological polar surface area (TPSA) is 66.5 Å². The number of rotatable bonds is 4. The molecule has 2 aromatic carbocycles. The number of nitrogens with one attached hydrogen (secondary N) is 1. The lowest BCUT2D eigenvalue weighted by Gasteiger charge is -2.30. The van der Waals surface area contributed by atoms with E-state index in [0.29, 0.717) is 0 Å². The van der Waals surface area contributed by atoms with Crippen molar-refractivity contribution in [3.8, 4) is 0 Å². The van der Waals surface area contributed by atoms with E-state index < -0.39 is 33.5 Å². The molecule has 1 fully saturated rings. The number of carbonyl (C=O) groups is 1. The standard InChI is InChI=1S/C18H17ClF2N2O3S/c19-13-5-6-14(20)16(11-13)22-18(24)12-7-9-23(10-8-12)27(25,26)17-4-2-1-3-15(17)21/h1-6,11-12H,7-10H2,(H,22,24). The van der Waals surface area contributed by atoms with Crippen LogP contribution in [0.15, 0.2) is 47.4 Å². The van der Waals surface area contributed by atoms with Crippen LogP contribution >= 0.6 is 11.6 Å². The van der Waals surface area contributed by atoms with Crippen LogP contribution in [0.2, 0.25) is 5.02 Å². The number of hydrogen-bond donors (Lipinski definition) is 1. The Morgan fingerprint density at radius 1 is 1.07 bits per heavy atom. The molecule has 0 saturated carbocycles. The van der Waals surface area contributed by atoms with Gasteiger partial charge in [-0.05, 0) is 43.2 Å². The first kappa shape index (κ1) is 19.7. The molecule has 0 unspecified atom stereocenters. The average Bonchev–Trinajstić information content (AvgIpc) is 2.65. The molecule has 5 nitrogen and oxygen atoms in total. The fourth-order valence-corrected chi connectivity index (χ4v) is 4.69. The van der Waals surface area contributed by atoms with Crippen LogP contribution in [0.4, 0.5) is 14.5 Å². The van der Waals surface area contributed by atoms with Crippen LogP contribution in [0.25, 0.3) is 0 Å². The summed E-state index contributed by atoms with van der Waals surface area (Å²) in [4.78, 5) is 12.0. The molecule has 144 valence electrons. The number of hydrogen-bond acceptors (Lipinski definition) is 3. The van der Waals surface area contributed by atoms with E-state index in [-0.39, 0.29) is 41.5 Å². The minimum Gasteiger partial charge on any atom is -0.323 e. The van der Waals surface area contributed by atoms with Crippen LogP contribution in [0.5, 0.6) is 0 Å². The molecular formula is C18H17ClF2N2O3S. The van der Waals surface area contributed by atoms with Crippen molar-refractivity contribution in [2.24, 2.45) is 5.92 Å². The van der Waals surface area contributed by atoms with Gasteiger partial charge in [-0.2, -0.15) is 4.31 Å². The highest BCUT2D eigenvalue weighted by Crippen LogP contribution is 2.27. The minimum atomic E-state index is -3.96. The van der Waals surface area contributed by atoms with Crippen molar-refractivity contribution in [2.45, 2.75) is 17.7 Å². The minimum absolute atomic E-state index is 0.0195.